The van der Waals surface area contributed by atoms with Crippen LogP contribution >= 0.6 is 27.7 Å². The second-order valence-corrected chi connectivity index (χ2v) is 7.78. The summed E-state index contributed by atoms with van der Waals surface area (Å²) in [5.74, 6) is 5.00. The molecule has 0 aliphatic heterocycles. The Hall–Kier alpha value is -2.46. The molecule has 3 N–H and O–H groups in total. The van der Waals surface area contributed by atoms with Gasteiger partial charge in [-0.05, 0) is 49.4 Å². The van der Waals surface area contributed by atoms with Crippen LogP contribution in [0.2, 0.25) is 0 Å². The van der Waals surface area contributed by atoms with Gasteiger partial charge in [0.2, 0.25) is 11.1 Å². The first-order valence-electron chi connectivity index (χ1n) is 7.74. The fraction of sp³-hybridized carbons (Fsp3) is 0.118. The van der Waals surface area contributed by atoms with Gasteiger partial charge in [0.1, 0.15) is 11.6 Å². The molecule has 1 aromatic heterocycles. The third-order valence-corrected chi connectivity index (χ3v) is 5.16. The van der Waals surface area contributed by atoms with E-state index in [1.54, 1.807) is 13.0 Å². The van der Waals surface area contributed by atoms with E-state index in [0.29, 0.717) is 21.0 Å². The Labute approximate surface area is 166 Å². The number of aromatic nitrogens is 3. The number of halogens is 3. The van der Waals surface area contributed by atoms with Crippen molar-refractivity contribution in [2.75, 3.05) is 11.2 Å². The molecule has 140 valence electrons. The van der Waals surface area contributed by atoms with Crippen LogP contribution in [-0.2, 0) is 4.79 Å². The molecule has 0 aliphatic rings. The lowest BCUT2D eigenvalue weighted by atomic mass is 10.2. The number of nitrogens with one attached hydrogen (secondary N) is 1. The molecule has 1 heterocycles. The summed E-state index contributed by atoms with van der Waals surface area (Å²) < 4.78 is 28.7. The highest BCUT2D eigenvalue weighted by molar-refractivity contribution is 9.10. The van der Waals surface area contributed by atoms with E-state index < -0.39 is 17.0 Å². The van der Waals surface area contributed by atoms with Crippen LogP contribution in [0.4, 0.5) is 14.5 Å². The van der Waals surface area contributed by atoms with Crippen molar-refractivity contribution in [3.63, 3.8) is 0 Å². The number of rotatable bonds is 5. The van der Waals surface area contributed by atoms with Crippen LogP contribution in [0.1, 0.15) is 6.92 Å². The number of nitrogen functional groups attached to an aromatic ring is 1. The quantitative estimate of drug-likeness (QED) is 0.452. The number of thioether (sulfide) groups is 1. The zero-order valence-electron chi connectivity index (χ0n) is 14.0. The van der Waals surface area contributed by atoms with Crippen LogP contribution in [0.5, 0.6) is 0 Å². The van der Waals surface area contributed by atoms with E-state index in [1.165, 1.54) is 41.1 Å². The molecule has 0 saturated heterocycles. The molecule has 0 aliphatic carbocycles. The molecular formula is C17H14BrF2N5OS. The summed E-state index contributed by atoms with van der Waals surface area (Å²) in [6, 6.07) is 10.0. The van der Waals surface area contributed by atoms with Gasteiger partial charge in [-0.2, -0.15) is 0 Å². The molecule has 1 unspecified atom stereocenters. The Kier molecular flexibility index (Phi) is 5.76. The first-order valence-corrected chi connectivity index (χ1v) is 9.41. The van der Waals surface area contributed by atoms with E-state index in [-0.39, 0.29) is 11.5 Å². The molecule has 3 aromatic rings. The Morgan fingerprint density at radius 3 is 2.59 bits per heavy atom. The monoisotopic (exact) mass is 453 g/mol. The van der Waals surface area contributed by atoms with Crippen molar-refractivity contribution in [1.82, 2.24) is 14.9 Å². The van der Waals surface area contributed by atoms with E-state index in [0.717, 1.165) is 11.8 Å². The summed E-state index contributed by atoms with van der Waals surface area (Å²) in [6.45, 7) is 1.64. The summed E-state index contributed by atoms with van der Waals surface area (Å²) in [6.07, 6.45) is 0. The van der Waals surface area contributed by atoms with Crippen LogP contribution in [-0.4, -0.2) is 26.0 Å². The Morgan fingerprint density at radius 1 is 1.22 bits per heavy atom. The molecule has 0 saturated carbocycles. The lowest BCUT2D eigenvalue weighted by Crippen LogP contribution is -2.24. The maximum absolute atomic E-state index is 13.9. The van der Waals surface area contributed by atoms with Crippen molar-refractivity contribution in [3.8, 4) is 11.4 Å². The minimum Gasteiger partial charge on any atom is -0.335 e. The molecule has 1 amide bonds. The van der Waals surface area contributed by atoms with Crippen molar-refractivity contribution in [3.05, 3.63) is 58.6 Å². The third-order valence-electron chi connectivity index (χ3n) is 3.61. The van der Waals surface area contributed by atoms with Crippen molar-refractivity contribution in [2.24, 2.45) is 0 Å². The van der Waals surface area contributed by atoms with Gasteiger partial charge < -0.3 is 11.2 Å². The molecule has 0 fully saturated rings. The SMILES string of the molecule is CC(Sc1nnc(-c2ccc(F)cc2)n1N)C(=O)Nc1ccc(Br)cc1F. The molecule has 6 nitrogen and oxygen atoms in total. The van der Waals surface area contributed by atoms with Crippen molar-refractivity contribution in [1.29, 1.82) is 0 Å². The van der Waals surface area contributed by atoms with Crippen LogP contribution in [0.25, 0.3) is 11.4 Å². The smallest absolute Gasteiger partial charge is 0.237 e. The van der Waals surface area contributed by atoms with E-state index in [4.69, 9.17) is 5.84 Å². The number of anilines is 1. The number of amides is 1. The standard InChI is InChI=1S/C17H14BrF2N5OS/c1-9(16(26)22-14-7-4-11(18)8-13(14)20)27-17-24-23-15(25(17)21)10-2-5-12(19)6-3-10/h2-9H,21H2,1H3,(H,22,26). The van der Waals surface area contributed by atoms with E-state index >= 15 is 0 Å². The lowest BCUT2D eigenvalue weighted by Gasteiger charge is -2.12. The topological polar surface area (TPSA) is 85.8 Å². The van der Waals surface area contributed by atoms with Gasteiger partial charge in [0.15, 0.2) is 5.82 Å². The predicted molar refractivity (Wildman–Crippen MR) is 104 cm³/mol. The van der Waals surface area contributed by atoms with Gasteiger partial charge in [0.05, 0.1) is 10.9 Å². The van der Waals surface area contributed by atoms with Gasteiger partial charge in [0, 0.05) is 10.0 Å². The zero-order chi connectivity index (χ0) is 19.6. The van der Waals surface area contributed by atoms with Gasteiger partial charge in [-0.15, -0.1) is 10.2 Å². The summed E-state index contributed by atoms with van der Waals surface area (Å²) in [4.78, 5) is 12.3. The number of nitrogens with zero attached hydrogens (tertiary/aromatic N) is 3. The Bertz CT molecular complexity index is 980. The van der Waals surface area contributed by atoms with Crippen LogP contribution in [0.3, 0.4) is 0 Å². The molecule has 1 atom stereocenters. The van der Waals surface area contributed by atoms with Crippen molar-refractivity contribution < 1.29 is 13.6 Å². The molecular weight excluding hydrogens is 440 g/mol. The second kappa shape index (κ2) is 8.05. The number of hydrogen-bond donors (Lipinski definition) is 2. The zero-order valence-corrected chi connectivity index (χ0v) is 16.4. The summed E-state index contributed by atoms with van der Waals surface area (Å²) in [5, 5.41) is 10.2. The molecule has 10 heteroatoms. The molecule has 0 bridgehead atoms. The first kappa shape index (κ1) is 19.3. The Morgan fingerprint density at radius 2 is 1.93 bits per heavy atom. The van der Waals surface area contributed by atoms with Crippen molar-refractivity contribution >= 4 is 39.3 Å². The average molecular weight is 454 g/mol. The minimum absolute atomic E-state index is 0.0804. The van der Waals surface area contributed by atoms with E-state index in [2.05, 4.69) is 31.4 Å². The molecule has 27 heavy (non-hydrogen) atoms. The molecule has 2 aromatic carbocycles. The third kappa shape index (κ3) is 4.45. The predicted octanol–water partition coefficient (Wildman–Crippen LogP) is 3.82. The average Bonchev–Trinajstić information content (AvgIpc) is 2.98. The van der Waals surface area contributed by atoms with Gasteiger partial charge in [-0.3, -0.25) is 4.79 Å². The molecule has 3 rings (SSSR count). The normalized spacial score (nSPS) is 12.0. The van der Waals surface area contributed by atoms with Crippen LogP contribution in [0.15, 0.2) is 52.1 Å². The van der Waals surface area contributed by atoms with E-state index in [1.807, 2.05) is 0 Å². The van der Waals surface area contributed by atoms with E-state index in [9.17, 15) is 13.6 Å². The number of benzene rings is 2. The number of nitrogens with two attached hydrogens (primary N) is 1. The highest BCUT2D eigenvalue weighted by atomic mass is 79.9. The molecule has 0 spiro atoms. The number of carbonyl (C=O) groups excluding carboxylic acids is 1. The van der Waals surface area contributed by atoms with Gasteiger partial charge in [0.25, 0.3) is 0 Å². The van der Waals surface area contributed by atoms with Gasteiger partial charge in [-0.1, -0.05) is 27.7 Å². The molecule has 0 radical (unpaired) electrons. The van der Waals surface area contributed by atoms with Gasteiger partial charge in [-0.25, -0.2) is 13.5 Å². The van der Waals surface area contributed by atoms with Gasteiger partial charge >= 0.3 is 0 Å². The highest BCUT2D eigenvalue weighted by Crippen LogP contribution is 2.26. The fourth-order valence-electron chi connectivity index (χ4n) is 2.19. The number of hydrogen-bond acceptors (Lipinski definition) is 5. The number of carbonyl (C=O) groups is 1. The fourth-order valence-corrected chi connectivity index (χ4v) is 3.29. The highest BCUT2D eigenvalue weighted by Gasteiger charge is 2.21. The minimum atomic E-state index is -0.611. The summed E-state index contributed by atoms with van der Waals surface area (Å²) in [5.41, 5.74) is 0.671. The summed E-state index contributed by atoms with van der Waals surface area (Å²) >= 11 is 4.23. The second-order valence-electron chi connectivity index (χ2n) is 5.56. The summed E-state index contributed by atoms with van der Waals surface area (Å²) in [7, 11) is 0. The maximum atomic E-state index is 13.9. The van der Waals surface area contributed by atoms with Crippen molar-refractivity contribution in [2.45, 2.75) is 17.3 Å². The lowest BCUT2D eigenvalue weighted by molar-refractivity contribution is -0.115. The first-order chi connectivity index (χ1) is 12.8. The maximum Gasteiger partial charge on any atom is 0.237 e. The Balaban J connectivity index is 1.71. The van der Waals surface area contributed by atoms with Crippen LogP contribution in [0, 0.1) is 11.6 Å². The largest absolute Gasteiger partial charge is 0.335 e. The van der Waals surface area contributed by atoms with Crippen LogP contribution < -0.4 is 11.2 Å².